The molecule has 1 aromatic heterocycles. The molecule has 1 heterocycles. The topological polar surface area (TPSA) is 59.1 Å². The van der Waals surface area contributed by atoms with Crippen molar-refractivity contribution in [3.8, 4) is 0 Å². The van der Waals surface area contributed by atoms with Crippen LogP contribution in [0.2, 0.25) is 0 Å². The first-order valence-corrected chi connectivity index (χ1v) is 9.40. The maximum atomic E-state index is 12.7. The summed E-state index contributed by atoms with van der Waals surface area (Å²) in [5.41, 5.74) is 1.76. The summed E-state index contributed by atoms with van der Waals surface area (Å²) in [6, 6.07) is 22.1. The molecule has 0 amide bonds. The van der Waals surface area contributed by atoms with Gasteiger partial charge in [0.05, 0.1) is 10.4 Å². The first-order chi connectivity index (χ1) is 12.0. The summed E-state index contributed by atoms with van der Waals surface area (Å²) in [4.78, 5) is 4.76. The number of para-hydroxylation sites is 1. The minimum absolute atomic E-state index is 0.220. The summed E-state index contributed by atoms with van der Waals surface area (Å²) < 4.78 is 28.1. The second kappa shape index (κ2) is 5.86. The van der Waals surface area contributed by atoms with E-state index in [0.717, 1.165) is 27.2 Å². The minimum atomic E-state index is -3.70. The predicted molar refractivity (Wildman–Crippen MR) is 101 cm³/mol. The molecular weight excluding hydrogens is 332 g/mol. The van der Waals surface area contributed by atoms with Crippen molar-refractivity contribution >= 4 is 37.5 Å². The number of nitrogens with zero attached hydrogens (tertiary/aromatic N) is 1. The van der Waals surface area contributed by atoms with Crippen molar-refractivity contribution in [2.75, 3.05) is 4.72 Å². The lowest BCUT2D eigenvalue weighted by molar-refractivity contribution is 0.601. The number of aryl methyl sites for hydroxylation is 1. The van der Waals surface area contributed by atoms with Crippen molar-refractivity contribution in [3.05, 3.63) is 78.4 Å². The zero-order valence-corrected chi connectivity index (χ0v) is 14.4. The van der Waals surface area contributed by atoms with Crippen LogP contribution < -0.4 is 4.72 Å². The maximum Gasteiger partial charge on any atom is 0.263 e. The maximum absolute atomic E-state index is 12.7. The zero-order valence-electron chi connectivity index (χ0n) is 13.6. The molecule has 0 saturated heterocycles. The van der Waals surface area contributed by atoms with Gasteiger partial charge in [0, 0.05) is 10.8 Å². The molecule has 4 aromatic rings. The van der Waals surface area contributed by atoms with Gasteiger partial charge in [-0.1, -0.05) is 60.2 Å². The lowest BCUT2D eigenvalue weighted by Crippen LogP contribution is -2.14. The van der Waals surface area contributed by atoms with Gasteiger partial charge >= 0.3 is 0 Å². The van der Waals surface area contributed by atoms with Crippen LogP contribution in [0, 0.1) is 6.92 Å². The van der Waals surface area contributed by atoms with Crippen molar-refractivity contribution in [2.45, 2.75) is 11.8 Å². The highest BCUT2D eigenvalue weighted by atomic mass is 32.2. The Labute approximate surface area is 146 Å². The van der Waals surface area contributed by atoms with E-state index in [4.69, 9.17) is 0 Å². The summed E-state index contributed by atoms with van der Waals surface area (Å²) in [5, 5.41) is 2.74. The molecule has 0 aliphatic heterocycles. The molecule has 0 saturated carbocycles. The van der Waals surface area contributed by atoms with Gasteiger partial charge in [0.25, 0.3) is 10.0 Å². The van der Waals surface area contributed by atoms with Gasteiger partial charge in [-0.05, 0) is 30.5 Å². The van der Waals surface area contributed by atoms with Gasteiger partial charge < -0.3 is 0 Å². The fraction of sp³-hybridized carbons (Fsp3) is 0.0500. The summed E-state index contributed by atoms with van der Waals surface area (Å²) in [7, 11) is -3.70. The van der Waals surface area contributed by atoms with Crippen molar-refractivity contribution < 1.29 is 8.42 Å². The lowest BCUT2D eigenvalue weighted by atomic mass is 10.1. The number of aromatic nitrogens is 1. The first kappa shape index (κ1) is 15.6. The Balaban J connectivity index is 1.89. The molecular formula is C20H16N2O2S. The standard InChI is InChI=1S/C20H16N2O2S/c1-14-10-12-15(13-11-14)25(23,24)22-20-18-8-3-2-6-16(18)17-7-4-5-9-19(17)21-20/h2-13H,1H3,(H,21,22). The van der Waals surface area contributed by atoms with Crippen LogP contribution in [0.4, 0.5) is 5.82 Å². The monoisotopic (exact) mass is 348 g/mol. The van der Waals surface area contributed by atoms with Gasteiger partial charge in [0.15, 0.2) is 0 Å². The van der Waals surface area contributed by atoms with Crippen molar-refractivity contribution in [1.82, 2.24) is 4.98 Å². The third-order valence-electron chi connectivity index (χ3n) is 4.17. The number of pyridine rings is 1. The van der Waals surface area contributed by atoms with E-state index < -0.39 is 10.0 Å². The van der Waals surface area contributed by atoms with Crippen molar-refractivity contribution in [1.29, 1.82) is 0 Å². The van der Waals surface area contributed by atoms with E-state index in [1.165, 1.54) is 0 Å². The number of anilines is 1. The smallest absolute Gasteiger partial charge is 0.263 e. The van der Waals surface area contributed by atoms with E-state index in [-0.39, 0.29) is 4.90 Å². The molecule has 4 rings (SSSR count). The first-order valence-electron chi connectivity index (χ1n) is 7.91. The number of hydrogen-bond donors (Lipinski definition) is 1. The molecule has 0 aliphatic rings. The van der Waals surface area contributed by atoms with Crippen LogP contribution in [-0.4, -0.2) is 13.4 Å². The van der Waals surface area contributed by atoms with Gasteiger partial charge in [-0.25, -0.2) is 13.4 Å². The molecule has 0 unspecified atom stereocenters. The van der Waals surface area contributed by atoms with E-state index in [0.29, 0.717) is 5.82 Å². The van der Waals surface area contributed by atoms with Crippen LogP contribution in [0.15, 0.2) is 77.7 Å². The SMILES string of the molecule is Cc1ccc(S(=O)(=O)Nc2nc3ccccc3c3ccccc23)cc1. The highest BCUT2D eigenvalue weighted by Gasteiger charge is 2.17. The van der Waals surface area contributed by atoms with Crippen LogP contribution in [0.1, 0.15) is 5.56 Å². The van der Waals surface area contributed by atoms with E-state index >= 15 is 0 Å². The Morgan fingerprint density at radius 2 is 1.36 bits per heavy atom. The van der Waals surface area contributed by atoms with Crippen LogP contribution in [0.25, 0.3) is 21.7 Å². The lowest BCUT2D eigenvalue weighted by Gasteiger charge is -2.12. The zero-order chi connectivity index (χ0) is 17.4. The third-order valence-corrected chi connectivity index (χ3v) is 5.53. The Morgan fingerprint density at radius 1 is 0.760 bits per heavy atom. The number of sulfonamides is 1. The van der Waals surface area contributed by atoms with E-state index in [1.54, 1.807) is 24.3 Å². The predicted octanol–water partition coefficient (Wildman–Crippen LogP) is 4.50. The van der Waals surface area contributed by atoms with E-state index in [9.17, 15) is 8.42 Å². The fourth-order valence-corrected chi connectivity index (χ4v) is 3.91. The summed E-state index contributed by atoms with van der Waals surface area (Å²) in [6.07, 6.45) is 0. The summed E-state index contributed by atoms with van der Waals surface area (Å²) >= 11 is 0. The fourth-order valence-electron chi connectivity index (χ4n) is 2.89. The molecule has 3 aromatic carbocycles. The van der Waals surface area contributed by atoms with Gasteiger partial charge in [-0.15, -0.1) is 0 Å². The highest BCUT2D eigenvalue weighted by Crippen LogP contribution is 2.30. The van der Waals surface area contributed by atoms with Crippen LogP contribution in [0.5, 0.6) is 0 Å². The van der Waals surface area contributed by atoms with Crippen LogP contribution in [0.3, 0.4) is 0 Å². The average molecular weight is 348 g/mol. The van der Waals surface area contributed by atoms with Gasteiger partial charge in [-0.3, -0.25) is 4.72 Å². The minimum Gasteiger partial charge on any atom is -0.263 e. The molecule has 1 N–H and O–H groups in total. The molecule has 25 heavy (non-hydrogen) atoms. The number of nitrogens with one attached hydrogen (secondary N) is 1. The van der Waals surface area contributed by atoms with E-state index in [1.807, 2.05) is 55.5 Å². The molecule has 4 nitrogen and oxygen atoms in total. The molecule has 0 fully saturated rings. The molecule has 0 spiro atoms. The molecule has 0 radical (unpaired) electrons. The third kappa shape index (κ3) is 2.83. The largest absolute Gasteiger partial charge is 0.263 e. The van der Waals surface area contributed by atoms with Crippen LogP contribution >= 0.6 is 0 Å². The number of benzene rings is 3. The molecule has 0 bridgehead atoms. The summed E-state index contributed by atoms with van der Waals surface area (Å²) in [6.45, 7) is 1.92. The quantitative estimate of drug-likeness (QED) is 0.555. The Morgan fingerprint density at radius 3 is 2.08 bits per heavy atom. The molecule has 5 heteroatoms. The second-order valence-electron chi connectivity index (χ2n) is 5.94. The van der Waals surface area contributed by atoms with Gasteiger partial charge in [0.1, 0.15) is 5.82 Å². The number of fused-ring (bicyclic) bond motifs is 3. The number of rotatable bonds is 3. The van der Waals surface area contributed by atoms with Crippen molar-refractivity contribution in [2.24, 2.45) is 0 Å². The van der Waals surface area contributed by atoms with Crippen LogP contribution in [-0.2, 0) is 10.0 Å². The Hall–Kier alpha value is -2.92. The number of hydrogen-bond acceptors (Lipinski definition) is 3. The second-order valence-corrected chi connectivity index (χ2v) is 7.62. The van der Waals surface area contributed by atoms with Gasteiger partial charge in [0.2, 0.25) is 0 Å². The van der Waals surface area contributed by atoms with Crippen molar-refractivity contribution in [3.63, 3.8) is 0 Å². The highest BCUT2D eigenvalue weighted by molar-refractivity contribution is 7.92. The normalized spacial score (nSPS) is 11.7. The average Bonchev–Trinajstić information content (AvgIpc) is 2.62. The van der Waals surface area contributed by atoms with Gasteiger partial charge in [-0.2, -0.15) is 0 Å². The summed E-state index contributed by atoms with van der Waals surface area (Å²) in [5.74, 6) is 0.342. The Kier molecular flexibility index (Phi) is 3.66. The Bertz CT molecular complexity index is 1180. The molecule has 0 aliphatic carbocycles. The molecule has 0 atom stereocenters. The van der Waals surface area contributed by atoms with E-state index in [2.05, 4.69) is 9.71 Å². The molecule has 124 valence electrons.